The fourth-order valence-electron chi connectivity index (χ4n) is 9.99. The van der Waals surface area contributed by atoms with E-state index in [4.69, 9.17) is 15.0 Å². The molecule has 16 nitrogen and oxygen atoms in total. The molecule has 58 heavy (non-hydrogen) atoms. The molecule has 9 heterocycles. The first-order valence-electron chi connectivity index (χ1n) is 20.4. The predicted octanol–water partition coefficient (Wildman–Crippen LogP) is 2.42. The third-order valence-corrected chi connectivity index (χ3v) is 13.1. The van der Waals surface area contributed by atoms with Crippen LogP contribution in [0, 0.1) is 35.5 Å². The molecule has 6 N–H and O–H groups in total. The van der Waals surface area contributed by atoms with Crippen LogP contribution in [-0.2, 0) is 14.4 Å². The Morgan fingerprint density at radius 3 is 1.12 bits per heavy atom. The Balaban J connectivity index is 1.03. The maximum Gasteiger partial charge on any atom is 0.307 e. The Labute approximate surface area is 335 Å². The lowest BCUT2D eigenvalue weighted by molar-refractivity contribution is -0.144. The van der Waals surface area contributed by atoms with Gasteiger partial charge in [0.1, 0.15) is 0 Å². The average molecular weight is 789 g/mol. The first-order valence-corrected chi connectivity index (χ1v) is 20.4. The number of carboxylic acids is 3. The topological polar surface area (TPSA) is 225 Å². The molecule has 0 saturated carbocycles. The van der Waals surface area contributed by atoms with Crippen molar-refractivity contribution in [2.24, 2.45) is 65.5 Å². The van der Waals surface area contributed by atoms with Crippen LogP contribution in [0.15, 0.2) is 99.1 Å². The van der Waals surface area contributed by atoms with Crippen molar-refractivity contribution in [3.05, 3.63) is 69.1 Å². The van der Waals surface area contributed by atoms with Crippen LogP contribution in [-0.4, -0.2) is 133 Å². The first kappa shape index (κ1) is 38.2. The molecule has 0 aromatic heterocycles. The highest BCUT2D eigenvalue weighted by Crippen LogP contribution is 2.39. The lowest BCUT2D eigenvalue weighted by Gasteiger charge is -2.25. The number of allylic oxidation sites excluding steroid dienone is 6. The Morgan fingerprint density at radius 1 is 0.552 bits per heavy atom. The van der Waals surface area contributed by atoms with Crippen molar-refractivity contribution in [2.75, 3.05) is 58.9 Å². The van der Waals surface area contributed by atoms with E-state index in [2.05, 4.69) is 35.8 Å². The molecule has 9 aliphatic heterocycles. The Kier molecular flexibility index (Phi) is 10.7. The summed E-state index contributed by atoms with van der Waals surface area (Å²) in [5.74, 6) is -4.03. The predicted molar refractivity (Wildman–Crippen MR) is 220 cm³/mol. The van der Waals surface area contributed by atoms with Gasteiger partial charge in [0.15, 0.2) is 0 Å². The van der Waals surface area contributed by atoms with Crippen molar-refractivity contribution in [3.8, 4) is 0 Å². The quantitative estimate of drug-likeness (QED) is 0.119. The number of carbonyl (C=O) groups is 3. The van der Waals surface area contributed by atoms with E-state index in [0.717, 1.165) is 89.4 Å². The molecule has 0 aromatic carbocycles. The summed E-state index contributed by atoms with van der Waals surface area (Å²) in [6, 6.07) is 0. The van der Waals surface area contributed by atoms with Gasteiger partial charge in [0.05, 0.1) is 70.6 Å². The van der Waals surface area contributed by atoms with E-state index in [1.807, 2.05) is 0 Å². The van der Waals surface area contributed by atoms with Gasteiger partial charge in [-0.3, -0.25) is 49.2 Å². The zero-order valence-corrected chi connectivity index (χ0v) is 32.2. The highest BCUT2D eigenvalue weighted by atomic mass is 16.4. The van der Waals surface area contributed by atoms with Crippen LogP contribution in [0.2, 0.25) is 0 Å². The van der Waals surface area contributed by atoms with Gasteiger partial charge in [0.25, 0.3) is 0 Å². The molecule has 0 aliphatic carbocycles. The van der Waals surface area contributed by atoms with E-state index in [1.165, 1.54) is 0 Å². The molecule has 9 rings (SSSR count). The number of aliphatic carboxylic acids is 3. The molecular weight excluding hydrogens is 741 g/mol. The lowest BCUT2D eigenvalue weighted by atomic mass is 9.84. The summed E-state index contributed by atoms with van der Waals surface area (Å²) < 4.78 is 0. The molecule has 6 atom stereocenters. The Bertz CT molecular complexity index is 1940. The van der Waals surface area contributed by atoms with Crippen LogP contribution in [0.5, 0.6) is 0 Å². The average Bonchev–Trinajstić information content (AvgIpc) is 4.04. The van der Waals surface area contributed by atoms with E-state index in [9.17, 15) is 29.7 Å². The number of nitrogens with zero attached hydrogens (tertiary/aromatic N) is 7. The van der Waals surface area contributed by atoms with Crippen LogP contribution < -0.4 is 16.0 Å². The lowest BCUT2D eigenvalue weighted by Crippen LogP contribution is -2.31. The van der Waals surface area contributed by atoms with Gasteiger partial charge in [-0.05, 0) is 112 Å². The van der Waals surface area contributed by atoms with Crippen LogP contribution in [0.3, 0.4) is 0 Å². The van der Waals surface area contributed by atoms with Crippen LogP contribution >= 0.6 is 0 Å². The fourth-order valence-corrected chi connectivity index (χ4v) is 9.99. The second-order valence-electron chi connectivity index (χ2n) is 16.6. The van der Waals surface area contributed by atoms with Crippen molar-refractivity contribution < 1.29 is 29.7 Å². The smallest absolute Gasteiger partial charge is 0.307 e. The van der Waals surface area contributed by atoms with Crippen LogP contribution in [0.1, 0.15) is 38.5 Å². The third-order valence-electron chi connectivity index (χ3n) is 13.1. The van der Waals surface area contributed by atoms with Gasteiger partial charge >= 0.3 is 17.9 Å². The minimum absolute atomic E-state index is 0.0259. The Morgan fingerprint density at radius 2 is 0.862 bits per heavy atom. The maximum absolute atomic E-state index is 12.5. The number of rotatable bonds is 18. The number of carboxylic acid groups (broad SMARTS) is 3. The SMILES string of the molecule is O=C(O)[C@@H](CC1=CN=C2C=NC(CN(CC3=C4C(C[C@H](C(=O)O)[C@H]5CCNC5)=CN=C4C=N3)CC3=C4C(C[C@H](C(=O)O)[C@H]5CCNC5)=CN=C4C=N3)=C12)[C@H]1CCNC1. The summed E-state index contributed by atoms with van der Waals surface area (Å²) in [6.07, 6.45) is 14.0. The highest BCUT2D eigenvalue weighted by Gasteiger charge is 2.39. The monoisotopic (exact) mass is 788 g/mol. The maximum atomic E-state index is 12.5. The standard InChI is InChI=1S/C42H48N10O6/c53-40(54)28(22-1-4-43-10-22)7-25-13-46-31-16-49-34(37(25)31)19-52(20-35-38-26(14-47-32(38)17-50-35)8-29(41(55)56)23-2-5-44-11-23)21-36-39-27(15-48-33(39)18-51-36)9-30(42(57)58)24-3-6-45-12-24/h13-18,22-24,28-30,43-45H,1-12,19-21H2,(H,53,54)(H,55,56)(H,57,58)/t22-,23-,24-,28-,29-,30-/m0/s1. The van der Waals surface area contributed by atoms with Gasteiger partial charge in [-0.2, -0.15) is 0 Å². The van der Waals surface area contributed by atoms with Gasteiger partial charge < -0.3 is 31.3 Å². The summed E-state index contributed by atoms with van der Waals surface area (Å²) in [4.78, 5) is 68.2. The number of aliphatic imine (C=N–C) groups is 6. The normalized spacial score (nSPS) is 26.9. The fraction of sp³-hybridized carbons (Fsp3) is 0.500. The van der Waals surface area contributed by atoms with Crippen molar-refractivity contribution in [2.45, 2.75) is 38.5 Å². The van der Waals surface area contributed by atoms with Gasteiger partial charge in [-0.15, -0.1) is 0 Å². The highest BCUT2D eigenvalue weighted by molar-refractivity contribution is 6.44. The molecule has 3 fully saturated rings. The van der Waals surface area contributed by atoms with Crippen molar-refractivity contribution in [1.29, 1.82) is 0 Å². The molecular formula is C42H48N10O6. The van der Waals surface area contributed by atoms with Crippen molar-refractivity contribution in [1.82, 2.24) is 20.9 Å². The zero-order valence-electron chi connectivity index (χ0n) is 32.2. The van der Waals surface area contributed by atoms with E-state index < -0.39 is 35.7 Å². The largest absolute Gasteiger partial charge is 0.481 e. The minimum atomic E-state index is -0.815. The second kappa shape index (κ2) is 16.2. The molecule has 0 spiro atoms. The van der Waals surface area contributed by atoms with Gasteiger partial charge in [0.2, 0.25) is 0 Å². The Hall–Kier alpha value is -5.29. The summed E-state index contributed by atoms with van der Waals surface area (Å²) in [6.45, 7) is 5.50. The summed E-state index contributed by atoms with van der Waals surface area (Å²) in [5.41, 5.74) is 9.60. The number of fused-ring (bicyclic) bond motifs is 3. The van der Waals surface area contributed by atoms with E-state index >= 15 is 0 Å². The van der Waals surface area contributed by atoms with Crippen LogP contribution in [0.25, 0.3) is 0 Å². The second-order valence-corrected chi connectivity index (χ2v) is 16.6. The van der Waals surface area contributed by atoms with Crippen molar-refractivity contribution in [3.63, 3.8) is 0 Å². The van der Waals surface area contributed by atoms with E-state index in [-0.39, 0.29) is 17.8 Å². The molecule has 3 saturated heterocycles. The summed E-state index contributed by atoms with van der Waals surface area (Å²) in [5, 5.41) is 40.7. The summed E-state index contributed by atoms with van der Waals surface area (Å²) in [7, 11) is 0. The molecule has 0 unspecified atom stereocenters. The molecule has 16 heteroatoms. The number of hydrogen-bond donors (Lipinski definition) is 6. The van der Waals surface area contributed by atoms with E-state index in [0.29, 0.717) is 75.7 Å². The van der Waals surface area contributed by atoms with Gasteiger partial charge in [-0.1, -0.05) is 0 Å². The first-order chi connectivity index (χ1) is 28.2. The van der Waals surface area contributed by atoms with Crippen LogP contribution in [0.4, 0.5) is 0 Å². The molecule has 9 aliphatic rings. The zero-order chi connectivity index (χ0) is 39.9. The van der Waals surface area contributed by atoms with E-state index in [1.54, 1.807) is 37.2 Å². The van der Waals surface area contributed by atoms with Gasteiger partial charge in [-0.25, -0.2) is 0 Å². The number of nitrogens with one attached hydrogen (secondary N) is 3. The summed E-state index contributed by atoms with van der Waals surface area (Å²) >= 11 is 0. The van der Waals surface area contributed by atoms with Crippen molar-refractivity contribution >= 4 is 53.7 Å². The van der Waals surface area contributed by atoms with Gasteiger partial charge in [0, 0.05) is 55.0 Å². The third kappa shape index (κ3) is 7.45. The molecule has 0 bridgehead atoms. The molecule has 302 valence electrons. The number of hydrogen-bond acceptors (Lipinski definition) is 13. The minimum Gasteiger partial charge on any atom is -0.481 e. The molecule has 0 radical (unpaired) electrons. The molecule has 0 aromatic rings. The molecule has 0 amide bonds.